The zero-order valence-electron chi connectivity index (χ0n) is 14.1. The summed E-state index contributed by atoms with van der Waals surface area (Å²) in [6, 6.07) is 0. The van der Waals surface area contributed by atoms with E-state index in [0.717, 1.165) is 33.8 Å². The van der Waals surface area contributed by atoms with Gasteiger partial charge in [-0.25, -0.2) is 0 Å². The van der Waals surface area contributed by atoms with Crippen LogP contribution in [0.3, 0.4) is 0 Å². The van der Waals surface area contributed by atoms with E-state index in [-0.39, 0.29) is 0 Å². The molecule has 5 rings (SSSR count). The van der Waals surface area contributed by atoms with E-state index in [4.69, 9.17) is 11.5 Å². The fraction of sp³-hybridized carbons (Fsp3) is 0.882. The highest BCUT2D eigenvalue weighted by atomic mass is 32.2. The number of nitrogens with two attached hydrogens (primary N) is 2. The molecule has 2 heterocycles. The van der Waals surface area contributed by atoms with E-state index in [1.807, 2.05) is 0 Å². The molecule has 0 aromatic rings. The Labute approximate surface area is 164 Å². The minimum absolute atomic E-state index is 0.475. The molecule has 3 saturated carbocycles. The summed E-state index contributed by atoms with van der Waals surface area (Å²) in [5.74, 6) is 2.87. The topological polar surface area (TPSA) is 55.3 Å². The Hall–Kier alpha value is 0.440. The number of thioether (sulfide) groups is 2. The average Bonchev–Trinajstić information content (AvgIpc) is 2.39. The van der Waals surface area contributed by atoms with Crippen molar-refractivity contribution in [2.24, 2.45) is 28.2 Å². The molecule has 4 atom stereocenters. The molecule has 5 fully saturated rings. The number of hydrogen-bond acceptors (Lipinski definition) is 5. The van der Waals surface area contributed by atoms with Crippen molar-refractivity contribution in [1.29, 1.82) is 0 Å². The van der Waals surface area contributed by atoms with Crippen molar-refractivity contribution >= 4 is 56.6 Å². The van der Waals surface area contributed by atoms with Crippen LogP contribution in [-0.2, 0) is 0 Å². The Morgan fingerprint density at radius 2 is 1.62 bits per heavy atom. The molecule has 4 N–H and O–H groups in total. The third-order valence-corrected chi connectivity index (χ3v) is 10.3. The molecule has 24 heavy (non-hydrogen) atoms. The lowest BCUT2D eigenvalue weighted by Crippen LogP contribution is -2.88. The number of nitrogens with zero attached hydrogens (tertiary/aromatic N) is 1. The Balaban J connectivity index is 0.000000132. The van der Waals surface area contributed by atoms with Gasteiger partial charge in [0.15, 0.2) is 0 Å². The molecular formula is C17H27N3S4. The third kappa shape index (κ3) is 2.27. The molecule has 2 saturated heterocycles. The highest BCUT2D eigenvalue weighted by Crippen LogP contribution is 2.84. The SMILES string of the molecule is C1CC23CCC24CCC42CCN2CC13.NC(=S)SCCSC(N)=S. The van der Waals surface area contributed by atoms with Crippen molar-refractivity contribution in [3.8, 4) is 0 Å². The largest absolute Gasteiger partial charge is 0.385 e. The van der Waals surface area contributed by atoms with Crippen LogP contribution in [0.2, 0.25) is 0 Å². The monoisotopic (exact) mass is 401 g/mol. The second-order valence-corrected chi connectivity index (χ2v) is 11.7. The summed E-state index contributed by atoms with van der Waals surface area (Å²) < 4.78 is 0.951. The van der Waals surface area contributed by atoms with Gasteiger partial charge in [0.05, 0.1) is 0 Å². The smallest absolute Gasteiger partial charge is 0.131 e. The molecule has 0 aromatic heterocycles. The van der Waals surface area contributed by atoms with Gasteiger partial charge in [0.25, 0.3) is 0 Å². The van der Waals surface area contributed by atoms with Crippen molar-refractivity contribution in [3.05, 3.63) is 0 Å². The molecule has 4 unspecified atom stereocenters. The second-order valence-electron chi connectivity index (χ2n) is 8.04. The van der Waals surface area contributed by atoms with Gasteiger partial charge < -0.3 is 11.5 Å². The first-order valence-electron chi connectivity index (χ1n) is 9.05. The van der Waals surface area contributed by atoms with Crippen LogP contribution in [0, 0.1) is 16.7 Å². The van der Waals surface area contributed by atoms with Gasteiger partial charge in [-0.2, -0.15) is 0 Å². The second kappa shape index (κ2) is 6.25. The highest BCUT2D eigenvalue weighted by molar-refractivity contribution is 8.25. The summed E-state index contributed by atoms with van der Waals surface area (Å²) in [6.45, 7) is 2.93. The predicted molar refractivity (Wildman–Crippen MR) is 113 cm³/mol. The molecule has 0 radical (unpaired) electrons. The fourth-order valence-corrected chi connectivity index (χ4v) is 8.21. The molecular weight excluding hydrogens is 374 g/mol. The zero-order chi connectivity index (χ0) is 17.0. The van der Waals surface area contributed by atoms with E-state index in [2.05, 4.69) is 29.3 Å². The first-order chi connectivity index (χ1) is 11.5. The average molecular weight is 402 g/mol. The highest BCUT2D eigenvalue weighted by Gasteiger charge is 2.82. The van der Waals surface area contributed by atoms with Crippen LogP contribution in [-0.4, -0.2) is 43.7 Å². The summed E-state index contributed by atoms with van der Waals surface area (Å²) in [7, 11) is 0. The first kappa shape index (κ1) is 17.8. The van der Waals surface area contributed by atoms with E-state index in [1.54, 1.807) is 44.9 Å². The van der Waals surface area contributed by atoms with Crippen molar-refractivity contribution in [2.45, 2.75) is 50.5 Å². The van der Waals surface area contributed by atoms with Crippen LogP contribution in [0.4, 0.5) is 0 Å². The Kier molecular flexibility index (Phi) is 4.65. The Morgan fingerprint density at radius 3 is 1.96 bits per heavy atom. The van der Waals surface area contributed by atoms with Gasteiger partial charge in [0, 0.05) is 30.1 Å². The third-order valence-electron chi connectivity index (χ3n) is 7.94. The molecule has 3 spiro atoms. The quantitative estimate of drug-likeness (QED) is 0.555. The van der Waals surface area contributed by atoms with Gasteiger partial charge in [-0.3, -0.25) is 4.90 Å². The van der Waals surface area contributed by atoms with E-state index in [1.165, 1.54) is 36.6 Å². The maximum atomic E-state index is 5.23. The van der Waals surface area contributed by atoms with Crippen LogP contribution >= 0.6 is 48.0 Å². The molecule has 5 aliphatic rings. The summed E-state index contributed by atoms with van der Waals surface area (Å²) in [4.78, 5) is 2.89. The molecule has 0 amide bonds. The first-order valence-corrected chi connectivity index (χ1v) is 11.8. The number of hydrogen-bond donors (Lipinski definition) is 2. The number of piperidine rings is 1. The van der Waals surface area contributed by atoms with Crippen molar-refractivity contribution in [2.75, 3.05) is 24.6 Å². The summed E-state index contributed by atoms with van der Waals surface area (Å²) >= 11 is 12.2. The Morgan fingerprint density at radius 1 is 0.958 bits per heavy atom. The normalized spacial score (nSPS) is 43.6. The van der Waals surface area contributed by atoms with Crippen molar-refractivity contribution in [3.63, 3.8) is 0 Å². The zero-order valence-corrected chi connectivity index (χ0v) is 17.4. The number of rotatable bonds is 3. The van der Waals surface area contributed by atoms with Crippen LogP contribution in [0.1, 0.15) is 44.9 Å². The maximum absolute atomic E-state index is 5.23. The molecule has 7 heteroatoms. The lowest BCUT2D eigenvalue weighted by Gasteiger charge is -2.87. The van der Waals surface area contributed by atoms with Crippen LogP contribution in [0.25, 0.3) is 0 Å². The fourth-order valence-electron chi connectivity index (χ4n) is 6.64. The van der Waals surface area contributed by atoms with Gasteiger partial charge >= 0.3 is 0 Å². The van der Waals surface area contributed by atoms with Gasteiger partial charge in [-0.15, -0.1) is 0 Å². The summed E-state index contributed by atoms with van der Waals surface area (Å²) in [5, 5.41) is 0. The lowest BCUT2D eigenvalue weighted by atomic mass is 9.24. The standard InChI is InChI=1S/C13H19N.C4H8N2S4/c1-2-11-3-4-12(11)5-6-13(12)7-8-14(13)9-10(1)11;5-3(7)9-1-2-10-4(6)8/h10H,1-9H2;1-2H2,(H2,5,7)(H2,6,8). The maximum Gasteiger partial charge on any atom is 0.131 e. The van der Waals surface area contributed by atoms with Crippen LogP contribution in [0.15, 0.2) is 0 Å². The van der Waals surface area contributed by atoms with Crippen LogP contribution < -0.4 is 11.5 Å². The van der Waals surface area contributed by atoms with Gasteiger partial charge in [-0.05, 0) is 61.7 Å². The van der Waals surface area contributed by atoms with Gasteiger partial charge in [0.1, 0.15) is 8.64 Å². The minimum Gasteiger partial charge on any atom is -0.385 e. The van der Waals surface area contributed by atoms with E-state index in [0.29, 0.717) is 8.64 Å². The molecule has 3 aliphatic carbocycles. The van der Waals surface area contributed by atoms with Crippen molar-refractivity contribution in [1.82, 2.24) is 4.90 Å². The van der Waals surface area contributed by atoms with E-state index in [9.17, 15) is 0 Å². The lowest BCUT2D eigenvalue weighted by molar-refractivity contribution is -0.371. The van der Waals surface area contributed by atoms with Crippen LogP contribution in [0.5, 0.6) is 0 Å². The molecule has 0 aromatic carbocycles. The van der Waals surface area contributed by atoms with Crippen molar-refractivity contribution < 1.29 is 0 Å². The van der Waals surface area contributed by atoms with E-state index < -0.39 is 0 Å². The predicted octanol–water partition coefficient (Wildman–Crippen LogP) is 3.35. The van der Waals surface area contributed by atoms with Gasteiger partial charge in [0.2, 0.25) is 0 Å². The summed E-state index contributed by atoms with van der Waals surface area (Å²) in [6.07, 6.45) is 11.1. The Bertz CT molecular complexity index is 512. The molecule has 3 nitrogen and oxygen atoms in total. The molecule has 2 aliphatic heterocycles. The molecule has 134 valence electrons. The minimum atomic E-state index is 0.475. The number of thiocarbonyl (C=S) groups is 2. The van der Waals surface area contributed by atoms with Gasteiger partial charge in [-0.1, -0.05) is 48.0 Å². The van der Waals surface area contributed by atoms with E-state index >= 15 is 0 Å². The molecule has 0 bridgehead atoms. The summed E-state index contributed by atoms with van der Waals surface area (Å²) in [5.41, 5.74) is 13.0.